The summed E-state index contributed by atoms with van der Waals surface area (Å²) >= 11 is 0. The highest BCUT2D eigenvalue weighted by atomic mass is 32.2. The summed E-state index contributed by atoms with van der Waals surface area (Å²) in [7, 11) is -0.792. The fraction of sp³-hybridized carbons (Fsp3) is 0.619. The molecule has 1 aromatic carbocycles. The highest BCUT2D eigenvalue weighted by Gasteiger charge is 2.35. The van der Waals surface area contributed by atoms with Gasteiger partial charge in [0.25, 0.3) is 0 Å². The van der Waals surface area contributed by atoms with Gasteiger partial charge >= 0.3 is 6.09 Å². The maximum absolute atomic E-state index is 13.1. The number of amides is 2. The number of hydrogen-bond acceptors (Lipinski definition) is 7. The van der Waals surface area contributed by atoms with E-state index < -0.39 is 16.1 Å². The molecule has 10 nitrogen and oxygen atoms in total. The van der Waals surface area contributed by atoms with E-state index in [-0.39, 0.29) is 29.8 Å². The topological polar surface area (TPSA) is 106 Å². The fourth-order valence-corrected chi connectivity index (χ4v) is 5.53. The van der Waals surface area contributed by atoms with Gasteiger partial charge in [-0.05, 0) is 31.9 Å². The van der Waals surface area contributed by atoms with Gasteiger partial charge in [0.1, 0.15) is 0 Å². The first-order valence-corrected chi connectivity index (χ1v) is 12.2. The lowest BCUT2D eigenvalue weighted by atomic mass is 9.96. The molecule has 2 aliphatic rings. The quantitative estimate of drug-likeness (QED) is 0.620. The molecule has 0 N–H and O–H groups in total. The van der Waals surface area contributed by atoms with E-state index >= 15 is 0 Å². The normalized spacial score (nSPS) is 20.0. The van der Waals surface area contributed by atoms with E-state index in [1.54, 1.807) is 22.8 Å². The van der Waals surface area contributed by atoms with E-state index in [1.807, 2.05) is 0 Å². The van der Waals surface area contributed by atoms with Crippen LogP contribution in [0, 0.1) is 5.92 Å². The zero-order chi connectivity index (χ0) is 23.3. The second kappa shape index (κ2) is 10.4. The Balaban J connectivity index is 1.62. The Labute approximate surface area is 189 Å². The second-order valence-electron chi connectivity index (χ2n) is 7.73. The van der Waals surface area contributed by atoms with Gasteiger partial charge in [0.2, 0.25) is 15.9 Å². The monoisotopic (exact) mass is 469 g/mol. The first kappa shape index (κ1) is 24.1. The van der Waals surface area contributed by atoms with E-state index in [4.69, 9.17) is 14.2 Å². The number of sulfonamides is 1. The highest BCUT2D eigenvalue weighted by molar-refractivity contribution is 7.89. The lowest BCUT2D eigenvalue weighted by molar-refractivity contribution is -0.138. The number of likely N-dealkylation sites (tertiary alicyclic amines) is 1. The zero-order valence-electron chi connectivity index (χ0n) is 18.8. The van der Waals surface area contributed by atoms with Crippen molar-refractivity contribution in [2.45, 2.75) is 24.7 Å². The molecule has 11 heteroatoms. The first-order valence-electron chi connectivity index (χ1n) is 10.7. The second-order valence-corrected chi connectivity index (χ2v) is 9.67. The van der Waals surface area contributed by atoms with Crippen molar-refractivity contribution < 1.29 is 32.2 Å². The fourth-order valence-electron chi connectivity index (χ4n) is 4.09. The van der Waals surface area contributed by atoms with Gasteiger partial charge in [-0.2, -0.15) is 4.31 Å². The van der Waals surface area contributed by atoms with Crippen LogP contribution in [0.25, 0.3) is 0 Å². The van der Waals surface area contributed by atoms with Crippen molar-refractivity contribution in [3.8, 4) is 11.5 Å². The standard InChI is InChI=1S/C21H31N3O7S/c1-4-31-21(26)23-9-5-6-16(15-23)20(25)22-10-12-24(13-11-22)32(27,28)17-7-8-18(29-2)19(14-17)30-3/h7-8,14,16H,4-6,9-13,15H2,1-3H3. The minimum atomic E-state index is -3.73. The summed E-state index contributed by atoms with van der Waals surface area (Å²) in [6.07, 6.45) is 1.05. The number of ether oxygens (including phenoxy) is 3. The van der Waals surface area contributed by atoms with Crippen LogP contribution in [0.2, 0.25) is 0 Å². The van der Waals surface area contributed by atoms with Crippen molar-refractivity contribution in [1.29, 1.82) is 0 Å². The SMILES string of the molecule is CCOC(=O)N1CCCC(C(=O)N2CCN(S(=O)(=O)c3ccc(OC)c(OC)c3)CC2)C1. The predicted molar refractivity (Wildman–Crippen MR) is 116 cm³/mol. The molecule has 32 heavy (non-hydrogen) atoms. The molecule has 1 unspecified atom stereocenters. The highest BCUT2D eigenvalue weighted by Crippen LogP contribution is 2.31. The third kappa shape index (κ3) is 5.09. The van der Waals surface area contributed by atoms with E-state index in [0.29, 0.717) is 50.7 Å². The largest absolute Gasteiger partial charge is 0.493 e. The van der Waals surface area contributed by atoms with Gasteiger partial charge in [0.05, 0.1) is 31.6 Å². The van der Waals surface area contributed by atoms with Gasteiger partial charge in [0, 0.05) is 45.3 Å². The molecule has 2 heterocycles. The molecule has 1 aromatic rings. The summed E-state index contributed by atoms with van der Waals surface area (Å²) in [5.41, 5.74) is 0. The molecular weight excluding hydrogens is 438 g/mol. The Morgan fingerprint density at radius 3 is 2.31 bits per heavy atom. The summed E-state index contributed by atoms with van der Waals surface area (Å²) in [4.78, 5) is 28.4. The molecule has 2 fully saturated rings. The number of piperazine rings is 1. The van der Waals surface area contributed by atoms with E-state index in [0.717, 1.165) is 6.42 Å². The van der Waals surface area contributed by atoms with E-state index in [9.17, 15) is 18.0 Å². The molecule has 0 aromatic heterocycles. The van der Waals surface area contributed by atoms with E-state index in [2.05, 4.69) is 0 Å². The van der Waals surface area contributed by atoms with Gasteiger partial charge in [-0.15, -0.1) is 0 Å². The predicted octanol–water partition coefficient (Wildman–Crippen LogP) is 1.41. The zero-order valence-corrected chi connectivity index (χ0v) is 19.6. The number of piperidine rings is 1. The molecule has 2 saturated heterocycles. The molecule has 2 aliphatic heterocycles. The van der Waals surface area contributed by atoms with Crippen molar-refractivity contribution >= 4 is 22.0 Å². The van der Waals surface area contributed by atoms with E-state index in [1.165, 1.54) is 30.7 Å². The van der Waals surface area contributed by atoms with Crippen LogP contribution in [-0.4, -0.2) is 94.6 Å². The molecule has 0 saturated carbocycles. The maximum atomic E-state index is 13.1. The van der Waals surface area contributed by atoms with Gasteiger partial charge in [-0.3, -0.25) is 4.79 Å². The summed E-state index contributed by atoms with van der Waals surface area (Å²) in [6.45, 7) is 3.99. The van der Waals surface area contributed by atoms with Gasteiger partial charge in [-0.1, -0.05) is 0 Å². The third-order valence-corrected chi connectivity index (χ3v) is 7.73. The molecule has 0 bridgehead atoms. The Morgan fingerprint density at radius 2 is 1.69 bits per heavy atom. The van der Waals surface area contributed by atoms with Gasteiger partial charge in [-0.25, -0.2) is 13.2 Å². The maximum Gasteiger partial charge on any atom is 0.409 e. The summed E-state index contributed by atoms with van der Waals surface area (Å²) < 4.78 is 43.0. The van der Waals surface area contributed by atoms with Crippen LogP contribution in [0.4, 0.5) is 4.79 Å². The lowest BCUT2D eigenvalue weighted by Gasteiger charge is -2.38. The smallest absolute Gasteiger partial charge is 0.409 e. The van der Waals surface area contributed by atoms with Crippen LogP contribution < -0.4 is 9.47 Å². The Hall–Kier alpha value is -2.53. The summed E-state index contributed by atoms with van der Waals surface area (Å²) in [5.74, 6) is 0.460. The van der Waals surface area contributed by atoms with Crippen LogP contribution in [-0.2, 0) is 19.6 Å². The molecular formula is C21H31N3O7S. The Kier molecular flexibility index (Phi) is 7.83. The minimum absolute atomic E-state index is 0.0397. The lowest BCUT2D eigenvalue weighted by Crippen LogP contribution is -2.54. The molecule has 3 rings (SSSR count). The minimum Gasteiger partial charge on any atom is -0.493 e. The Morgan fingerprint density at radius 1 is 1.00 bits per heavy atom. The number of rotatable bonds is 6. The van der Waals surface area contributed by atoms with Crippen molar-refractivity contribution in [3.05, 3.63) is 18.2 Å². The van der Waals surface area contributed by atoms with Crippen molar-refractivity contribution in [1.82, 2.24) is 14.1 Å². The van der Waals surface area contributed by atoms with Crippen LogP contribution in [0.3, 0.4) is 0 Å². The number of carbonyl (C=O) groups excluding carboxylic acids is 2. The summed E-state index contributed by atoms with van der Waals surface area (Å²) in [6, 6.07) is 4.49. The average Bonchev–Trinajstić information content (AvgIpc) is 2.83. The van der Waals surface area contributed by atoms with Crippen LogP contribution in [0.5, 0.6) is 11.5 Å². The number of benzene rings is 1. The average molecular weight is 470 g/mol. The molecule has 0 spiro atoms. The Bertz CT molecular complexity index is 929. The molecule has 0 aliphatic carbocycles. The van der Waals surface area contributed by atoms with Crippen molar-refractivity contribution in [3.63, 3.8) is 0 Å². The first-order chi connectivity index (χ1) is 15.3. The number of hydrogen-bond donors (Lipinski definition) is 0. The number of methoxy groups -OCH3 is 2. The number of nitrogens with zero attached hydrogens (tertiary/aromatic N) is 3. The van der Waals surface area contributed by atoms with Crippen LogP contribution in [0.1, 0.15) is 19.8 Å². The molecule has 2 amide bonds. The van der Waals surface area contributed by atoms with Gasteiger partial charge in [0.15, 0.2) is 11.5 Å². The molecule has 178 valence electrons. The van der Waals surface area contributed by atoms with Crippen LogP contribution >= 0.6 is 0 Å². The van der Waals surface area contributed by atoms with Gasteiger partial charge < -0.3 is 24.0 Å². The molecule has 0 radical (unpaired) electrons. The summed E-state index contributed by atoms with van der Waals surface area (Å²) in [5, 5.41) is 0. The van der Waals surface area contributed by atoms with Crippen molar-refractivity contribution in [2.24, 2.45) is 5.92 Å². The molecule has 1 atom stereocenters. The third-order valence-electron chi connectivity index (χ3n) is 5.84. The van der Waals surface area contributed by atoms with Crippen molar-refractivity contribution in [2.75, 3.05) is 60.1 Å². The number of carbonyl (C=O) groups is 2. The van der Waals surface area contributed by atoms with Crippen LogP contribution in [0.15, 0.2) is 23.1 Å².